The molecule has 0 unspecified atom stereocenters. The van der Waals surface area contributed by atoms with Crippen LogP contribution in [0.25, 0.3) is 28.2 Å². The van der Waals surface area contributed by atoms with Crippen molar-refractivity contribution in [3.8, 4) is 11.5 Å². The molecule has 198 valence electrons. The number of amides is 1. The van der Waals surface area contributed by atoms with E-state index < -0.39 is 12.7 Å². The number of nitrogens with one attached hydrogen (secondary N) is 2. The van der Waals surface area contributed by atoms with Crippen molar-refractivity contribution in [1.29, 1.82) is 0 Å². The number of benzene rings is 1. The van der Waals surface area contributed by atoms with Crippen molar-refractivity contribution < 1.29 is 41.3 Å². The predicted molar refractivity (Wildman–Crippen MR) is 134 cm³/mol. The summed E-state index contributed by atoms with van der Waals surface area (Å²) in [5.41, 5.74) is 8.74. The molecule has 3 aromatic heterocycles. The number of halogens is 3. The van der Waals surface area contributed by atoms with Crippen LogP contribution < -0.4 is 24.2 Å². The first-order valence-corrected chi connectivity index (χ1v) is 11.3. The summed E-state index contributed by atoms with van der Waals surface area (Å²) in [7, 11) is 2.05. The smallest absolute Gasteiger partial charge is 0.698 e. The summed E-state index contributed by atoms with van der Waals surface area (Å²) in [6.07, 6.45) is 0.578. The van der Waals surface area contributed by atoms with Crippen molar-refractivity contribution in [2.75, 3.05) is 20.1 Å². The summed E-state index contributed by atoms with van der Waals surface area (Å²) in [6, 6.07) is 8.98. The van der Waals surface area contributed by atoms with Crippen LogP contribution in [0.15, 0.2) is 53.3 Å². The van der Waals surface area contributed by atoms with Gasteiger partial charge in [-0.3, -0.25) is 9.78 Å². The van der Waals surface area contributed by atoms with Gasteiger partial charge in [0.25, 0.3) is 5.91 Å². The normalized spacial score (nSPS) is 11.1. The Balaban J connectivity index is 0.000000561. The number of carbonyl (C=O) groups is 1. The Morgan fingerprint density at radius 2 is 1.97 bits per heavy atom. The summed E-state index contributed by atoms with van der Waals surface area (Å²) in [5.74, 6) is -0.424. The Labute approximate surface area is 230 Å². The van der Waals surface area contributed by atoms with E-state index in [-0.39, 0.29) is 59.9 Å². The van der Waals surface area contributed by atoms with Crippen LogP contribution in [0, 0.1) is 13.3 Å². The fourth-order valence-corrected chi connectivity index (χ4v) is 3.41. The van der Waals surface area contributed by atoms with Crippen molar-refractivity contribution >= 4 is 22.5 Å². The number of alkyl halides is 3. The van der Waals surface area contributed by atoms with Crippen LogP contribution in [0.2, 0.25) is 0 Å². The first kappa shape index (κ1) is 30.9. The van der Waals surface area contributed by atoms with Crippen LogP contribution in [0.5, 0.6) is 0 Å². The molecule has 3 heterocycles. The number of hydrogen-bond acceptors (Lipinski definition) is 6. The Morgan fingerprint density at radius 1 is 1.26 bits per heavy atom. The predicted octanol–water partition coefficient (Wildman–Crippen LogP) is 2.24. The molecule has 4 rings (SSSR count). The van der Waals surface area contributed by atoms with Crippen LogP contribution >= 0.6 is 0 Å². The topological polar surface area (TPSA) is 113 Å². The van der Waals surface area contributed by atoms with Gasteiger partial charge in [-0.1, -0.05) is 17.3 Å². The van der Waals surface area contributed by atoms with Gasteiger partial charge in [0.2, 0.25) is 11.7 Å². The molecule has 2 N–H and O–H groups in total. The molecule has 1 amide bonds. The Hall–Kier alpha value is -3.33. The average Bonchev–Trinajstić information content (AvgIpc) is 3.48. The quantitative estimate of drug-likeness (QED) is 0.281. The van der Waals surface area contributed by atoms with Crippen molar-refractivity contribution in [3.63, 3.8) is 0 Å². The van der Waals surface area contributed by atoms with Gasteiger partial charge in [-0.05, 0) is 36.7 Å². The van der Waals surface area contributed by atoms with Crippen molar-refractivity contribution in [3.05, 3.63) is 79.3 Å². The maximum atomic E-state index is 13.1. The Kier molecular flexibility index (Phi) is 11.4. The zero-order chi connectivity index (χ0) is 27.0. The molecule has 0 bridgehead atoms. The third-order valence-electron chi connectivity index (χ3n) is 5.20. The van der Waals surface area contributed by atoms with E-state index in [9.17, 15) is 18.0 Å². The third-order valence-corrected chi connectivity index (χ3v) is 5.20. The van der Waals surface area contributed by atoms with E-state index >= 15 is 0 Å². The van der Waals surface area contributed by atoms with Gasteiger partial charge in [0, 0.05) is 23.5 Å². The second kappa shape index (κ2) is 14.0. The molecule has 4 aromatic rings. The molecule has 0 fully saturated rings. The minimum atomic E-state index is -4.48. The Bertz CT molecular complexity index is 1310. The van der Waals surface area contributed by atoms with Gasteiger partial charge in [-0.15, -0.1) is 18.8 Å². The fourth-order valence-electron chi connectivity index (χ4n) is 3.41. The SMILES string of the molecule is [CH2-]CN(C)C[CH-]C.[Li+].[NH-]c1cccc2c1cc(-c1noc(CNC(=O)c3ccncc3)n1)n2CC(F)(F)F. The minimum Gasteiger partial charge on any atom is -0.698 e. The molecule has 38 heavy (non-hydrogen) atoms. The maximum absolute atomic E-state index is 13.1. The average molecular weight is 521 g/mol. The van der Waals surface area contributed by atoms with E-state index in [1.54, 1.807) is 0 Å². The monoisotopic (exact) mass is 521 g/mol. The van der Waals surface area contributed by atoms with Crippen LogP contribution in [-0.2, 0) is 13.1 Å². The number of aromatic nitrogens is 4. The summed E-state index contributed by atoms with van der Waals surface area (Å²) < 4.78 is 45.5. The zero-order valence-electron chi connectivity index (χ0n) is 21.4. The molecule has 0 aliphatic heterocycles. The Morgan fingerprint density at radius 3 is 2.58 bits per heavy atom. The largest absolute Gasteiger partial charge is 1.00 e. The van der Waals surface area contributed by atoms with Crippen LogP contribution in [0.4, 0.5) is 18.9 Å². The molecule has 0 radical (unpaired) electrons. The standard InChI is InChI=1S/C19H15F3N6O2.C6H13N.Li/c20-19(21,22)10-28-14-3-1-2-13(23)12(14)8-15(28)17-26-16(30-27-17)9-25-18(29)11-4-6-24-7-5-11;1-4-6-7(3)5-2;/h1-8H,9-10H2,(H3,23,25,27,29);4H,2,5-6H2,1,3H3;/q;-2;+1/p-1. The van der Waals surface area contributed by atoms with E-state index in [1.165, 1.54) is 48.8 Å². The number of fused-ring (bicyclic) bond motifs is 1. The van der Waals surface area contributed by atoms with Gasteiger partial charge in [0.1, 0.15) is 6.54 Å². The van der Waals surface area contributed by atoms with E-state index in [0.717, 1.165) is 17.7 Å². The first-order chi connectivity index (χ1) is 17.6. The number of hydrogen-bond donors (Lipinski definition) is 1. The summed E-state index contributed by atoms with van der Waals surface area (Å²) in [5, 5.41) is 6.69. The molecule has 13 heteroatoms. The second-order valence-corrected chi connectivity index (χ2v) is 8.07. The van der Waals surface area contributed by atoms with Gasteiger partial charge in [0.05, 0.1) is 12.2 Å². The summed E-state index contributed by atoms with van der Waals surface area (Å²) in [4.78, 5) is 22.2. The fraction of sp³-hybridized carbons (Fsp3) is 0.280. The third kappa shape index (κ3) is 8.34. The number of carbonyl (C=O) groups excluding carboxylic acids is 1. The molecular formula is C25H27F3LiN7O2-2. The molecule has 0 atom stereocenters. The van der Waals surface area contributed by atoms with Crippen LogP contribution in [0.1, 0.15) is 23.2 Å². The van der Waals surface area contributed by atoms with Crippen molar-refractivity contribution in [2.24, 2.45) is 0 Å². The van der Waals surface area contributed by atoms with E-state index in [0.29, 0.717) is 10.9 Å². The van der Waals surface area contributed by atoms with E-state index in [1.807, 2.05) is 14.0 Å². The molecule has 0 aliphatic carbocycles. The molecule has 0 saturated carbocycles. The molecular weight excluding hydrogens is 494 g/mol. The number of pyridine rings is 1. The van der Waals surface area contributed by atoms with Gasteiger partial charge in [-0.2, -0.15) is 25.1 Å². The molecule has 0 aliphatic rings. The first-order valence-electron chi connectivity index (χ1n) is 11.3. The summed E-state index contributed by atoms with van der Waals surface area (Å²) >= 11 is 0. The van der Waals surface area contributed by atoms with E-state index in [4.69, 9.17) is 10.3 Å². The van der Waals surface area contributed by atoms with Crippen molar-refractivity contribution in [1.82, 2.24) is 29.9 Å². The van der Waals surface area contributed by atoms with Gasteiger partial charge in [0.15, 0.2) is 0 Å². The van der Waals surface area contributed by atoms with Crippen LogP contribution in [-0.4, -0.2) is 56.8 Å². The van der Waals surface area contributed by atoms with Crippen molar-refractivity contribution in [2.45, 2.75) is 26.2 Å². The van der Waals surface area contributed by atoms with E-state index in [2.05, 4.69) is 38.7 Å². The maximum Gasteiger partial charge on any atom is 1.00 e. The second-order valence-electron chi connectivity index (χ2n) is 8.07. The van der Waals surface area contributed by atoms with Gasteiger partial charge >= 0.3 is 25.0 Å². The van der Waals surface area contributed by atoms with Gasteiger partial charge in [-0.25, -0.2) is 0 Å². The molecule has 1 aromatic carbocycles. The molecule has 9 nitrogen and oxygen atoms in total. The van der Waals surface area contributed by atoms with Crippen LogP contribution in [0.3, 0.4) is 0 Å². The zero-order valence-corrected chi connectivity index (χ0v) is 21.4. The minimum absolute atomic E-state index is 0. The number of rotatable bonds is 8. The van der Waals surface area contributed by atoms with Gasteiger partial charge < -0.3 is 38.4 Å². The molecule has 0 saturated heterocycles. The molecule has 0 spiro atoms. The summed E-state index contributed by atoms with van der Waals surface area (Å²) in [6.45, 7) is 6.33. The number of nitrogens with zero attached hydrogens (tertiary/aromatic N) is 5.